The van der Waals surface area contributed by atoms with Crippen LogP contribution in [0, 0.1) is 5.82 Å². The van der Waals surface area contributed by atoms with Gasteiger partial charge in [-0.3, -0.25) is 9.59 Å². The molecule has 0 aliphatic carbocycles. The van der Waals surface area contributed by atoms with Gasteiger partial charge in [-0.1, -0.05) is 12.1 Å². The summed E-state index contributed by atoms with van der Waals surface area (Å²) in [6, 6.07) is 10.2. The maximum Gasteiger partial charge on any atom is 0.290 e. The minimum absolute atomic E-state index is 0.00349. The van der Waals surface area contributed by atoms with Crippen molar-refractivity contribution in [1.82, 2.24) is 9.80 Å². The second-order valence-electron chi connectivity index (χ2n) is 7.30. The van der Waals surface area contributed by atoms with Gasteiger partial charge in [-0.15, -0.1) is 0 Å². The molecule has 29 heavy (non-hydrogen) atoms. The maximum atomic E-state index is 13.9. The molecule has 6 nitrogen and oxygen atoms in total. The fraction of sp³-hybridized carbons (Fsp3) is 0.273. The average molecular weight is 396 g/mol. The summed E-state index contributed by atoms with van der Waals surface area (Å²) >= 11 is 0. The molecule has 2 aromatic carbocycles. The van der Waals surface area contributed by atoms with Crippen LogP contribution in [0.5, 0.6) is 5.75 Å². The maximum absolute atomic E-state index is 13.9. The van der Waals surface area contributed by atoms with Gasteiger partial charge in [-0.2, -0.15) is 0 Å². The first-order valence-corrected chi connectivity index (χ1v) is 9.26. The number of rotatable bonds is 5. The van der Waals surface area contributed by atoms with Crippen LogP contribution in [0.4, 0.5) is 4.39 Å². The summed E-state index contributed by atoms with van der Waals surface area (Å²) in [6.45, 7) is 0.962. The predicted octanol–water partition coefficient (Wildman–Crippen LogP) is 3.05. The molecular weight excluding hydrogens is 375 g/mol. The fourth-order valence-corrected chi connectivity index (χ4v) is 3.69. The smallest absolute Gasteiger partial charge is 0.290 e. The molecule has 0 saturated carbocycles. The van der Waals surface area contributed by atoms with E-state index in [1.165, 1.54) is 19.2 Å². The monoisotopic (exact) mass is 396 g/mol. The summed E-state index contributed by atoms with van der Waals surface area (Å²) in [7, 11) is 5.31. The first-order chi connectivity index (χ1) is 13.9. The van der Waals surface area contributed by atoms with Crippen LogP contribution in [0.2, 0.25) is 0 Å². The molecule has 150 valence electrons. The van der Waals surface area contributed by atoms with Gasteiger partial charge in [0.25, 0.3) is 5.91 Å². The number of ether oxygens (including phenoxy) is 1. The lowest BCUT2D eigenvalue weighted by atomic mass is 9.98. The molecule has 1 atom stereocenters. The third kappa shape index (κ3) is 3.27. The molecule has 1 aliphatic rings. The van der Waals surface area contributed by atoms with Crippen LogP contribution in [0.25, 0.3) is 11.0 Å². The molecule has 1 aliphatic heterocycles. The SMILES string of the molecule is COc1ccc2c(=O)c3c(oc2c1)C(=O)N(CCN(C)C)[C@@H]3c1cccc(F)c1. The standard InChI is InChI=1S/C22H21FN2O4/c1-24(2)9-10-25-19(13-5-4-6-14(23)11-13)18-20(26)16-8-7-15(28-3)12-17(16)29-21(18)22(25)27/h4-8,11-12,19H,9-10H2,1-3H3/t19-/m1/s1. The Morgan fingerprint density at radius 1 is 1.17 bits per heavy atom. The van der Waals surface area contributed by atoms with Crippen LogP contribution in [0.3, 0.4) is 0 Å². The highest BCUT2D eigenvalue weighted by Gasteiger charge is 2.42. The van der Waals surface area contributed by atoms with E-state index in [1.54, 1.807) is 35.2 Å². The average Bonchev–Trinajstić information content (AvgIpc) is 2.98. The zero-order valence-corrected chi connectivity index (χ0v) is 16.4. The zero-order chi connectivity index (χ0) is 20.7. The van der Waals surface area contributed by atoms with Crippen LogP contribution >= 0.6 is 0 Å². The van der Waals surface area contributed by atoms with Crippen LogP contribution in [-0.2, 0) is 0 Å². The minimum Gasteiger partial charge on any atom is -0.497 e. The quantitative estimate of drug-likeness (QED) is 0.663. The molecule has 3 aromatic rings. The molecule has 0 bridgehead atoms. The third-order valence-electron chi connectivity index (χ3n) is 5.13. The van der Waals surface area contributed by atoms with E-state index in [0.29, 0.717) is 29.8 Å². The summed E-state index contributed by atoms with van der Waals surface area (Å²) in [5.74, 6) is -0.273. The summed E-state index contributed by atoms with van der Waals surface area (Å²) in [4.78, 5) is 30.0. The minimum atomic E-state index is -0.698. The van der Waals surface area contributed by atoms with Gasteiger partial charge in [0, 0.05) is 19.2 Å². The lowest BCUT2D eigenvalue weighted by molar-refractivity contribution is 0.0716. The lowest BCUT2D eigenvalue weighted by Gasteiger charge is -2.26. The van der Waals surface area contributed by atoms with E-state index in [2.05, 4.69) is 0 Å². The molecule has 1 aromatic heterocycles. The van der Waals surface area contributed by atoms with E-state index >= 15 is 0 Å². The Kier molecular flexibility index (Phi) is 4.84. The molecule has 0 unspecified atom stereocenters. The van der Waals surface area contributed by atoms with Crippen molar-refractivity contribution >= 4 is 16.9 Å². The Morgan fingerprint density at radius 3 is 2.66 bits per heavy atom. The van der Waals surface area contributed by atoms with E-state index in [4.69, 9.17) is 9.15 Å². The van der Waals surface area contributed by atoms with Crippen LogP contribution in [0.15, 0.2) is 51.7 Å². The summed E-state index contributed by atoms with van der Waals surface area (Å²) in [5, 5.41) is 0.355. The largest absolute Gasteiger partial charge is 0.497 e. The number of likely N-dealkylation sites (N-methyl/N-ethyl adjacent to an activating group) is 1. The predicted molar refractivity (Wildman–Crippen MR) is 107 cm³/mol. The number of benzene rings is 2. The van der Waals surface area contributed by atoms with E-state index in [0.717, 1.165) is 0 Å². The Balaban J connectivity index is 1.94. The molecule has 0 N–H and O–H groups in total. The van der Waals surface area contributed by atoms with Crippen molar-refractivity contribution in [2.45, 2.75) is 6.04 Å². The van der Waals surface area contributed by atoms with Crippen molar-refractivity contribution in [3.8, 4) is 5.75 Å². The molecule has 2 heterocycles. The number of hydrogen-bond donors (Lipinski definition) is 0. The van der Waals surface area contributed by atoms with Crippen LogP contribution < -0.4 is 10.2 Å². The second-order valence-corrected chi connectivity index (χ2v) is 7.30. The van der Waals surface area contributed by atoms with Crippen molar-refractivity contribution < 1.29 is 18.3 Å². The molecule has 0 spiro atoms. The van der Waals surface area contributed by atoms with Gasteiger partial charge in [0.05, 0.1) is 24.1 Å². The van der Waals surface area contributed by atoms with Gasteiger partial charge in [0.1, 0.15) is 17.1 Å². The van der Waals surface area contributed by atoms with Gasteiger partial charge in [-0.25, -0.2) is 4.39 Å². The Hall–Kier alpha value is -3.19. The molecule has 4 rings (SSSR count). The highest BCUT2D eigenvalue weighted by atomic mass is 19.1. The highest BCUT2D eigenvalue weighted by molar-refractivity contribution is 5.99. The summed E-state index contributed by atoms with van der Waals surface area (Å²) < 4.78 is 25.0. The molecule has 7 heteroatoms. The Bertz CT molecular complexity index is 1160. The molecular formula is C22H21FN2O4. The Labute approximate surface area is 167 Å². The van der Waals surface area contributed by atoms with Crippen LogP contribution in [-0.4, -0.2) is 50.0 Å². The van der Waals surface area contributed by atoms with Gasteiger partial charge in [0.2, 0.25) is 5.76 Å². The number of halogens is 1. The number of amides is 1. The summed E-state index contributed by atoms with van der Waals surface area (Å²) in [5.41, 5.74) is 0.779. The Morgan fingerprint density at radius 2 is 1.97 bits per heavy atom. The number of hydrogen-bond acceptors (Lipinski definition) is 5. The first-order valence-electron chi connectivity index (χ1n) is 9.26. The first kappa shape index (κ1) is 19.1. The van der Waals surface area contributed by atoms with Gasteiger partial charge in [-0.05, 0) is 43.9 Å². The number of fused-ring (bicyclic) bond motifs is 2. The fourth-order valence-electron chi connectivity index (χ4n) is 3.69. The molecule has 0 saturated heterocycles. The normalized spacial score (nSPS) is 16.0. The number of carbonyl (C=O) groups excluding carboxylic acids is 1. The van der Waals surface area contributed by atoms with E-state index in [-0.39, 0.29) is 28.2 Å². The molecule has 1 amide bonds. The van der Waals surface area contributed by atoms with Crippen molar-refractivity contribution in [3.63, 3.8) is 0 Å². The number of carbonyl (C=O) groups is 1. The number of methoxy groups -OCH3 is 1. The second kappa shape index (κ2) is 7.33. The van der Waals surface area contributed by atoms with Crippen molar-refractivity contribution in [2.75, 3.05) is 34.3 Å². The van der Waals surface area contributed by atoms with E-state index in [1.807, 2.05) is 19.0 Å². The van der Waals surface area contributed by atoms with E-state index < -0.39 is 11.9 Å². The van der Waals surface area contributed by atoms with E-state index in [9.17, 15) is 14.0 Å². The molecule has 0 fully saturated rings. The van der Waals surface area contributed by atoms with Crippen molar-refractivity contribution in [2.24, 2.45) is 0 Å². The highest BCUT2D eigenvalue weighted by Crippen LogP contribution is 2.38. The van der Waals surface area contributed by atoms with Gasteiger partial charge < -0.3 is 19.0 Å². The third-order valence-corrected chi connectivity index (χ3v) is 5.13. The van der Waals surface area contributed by atoms with Gasteiger partial charge >= 0.3 is 0 Å². The topological polar surface area (TPSA) is 63.0 Å². The lowest BCUT2D eigenvalue weighted by Crippen LogP contribution is -2.35. The number of nitrogens with zero attached hydrogens (tertiary/aromatic N) is 2. The summed E-state index contributed by atoms with van der Waals surface area (Å²) in [6.07, 6.45) is 0. The van der Waals surface area contributed by atoms with Gasteiger partial charge in [0.15, 0.2) is 5.43 Å². The van der Waals surface area contributed by atoms with Crippen molar-refractivity contribution in [1.29, 1.82) is 0 Å². The van der Waals surface area contributed by atoms with Crippen LogP contribution in [0.1, 0.15) is 27.7 Å². The zero-order valence-electron chi connectivity index (χ0n) is 16.4. The van der Waals surface area contributed by atoms with Crippen molar-refractivity contribution in [3.05, 3.63) is 75.4 Å². The molecule has 0 radical (unpaired) electrons.